The first kappa shape index (κ1) is 19.3. The summed E-state index contributed by atoms with van der Waals surface area (Å²) in [6, 6.07) is 3.52. The molecule has 0 unspecified atom stereocenters. The van der Waals surface area contributed by atoms with E-state index >= 15 is 0 Å². The Morgan fingerprint density at radius 3 is 2.67 bits per heavy atom. The summed E-state index contributed by atoms with van der Waals surface area (Å²) in [5, 5.41) is 14.4. The number of nitrogens with one attached hydrogen (secondary N) is 2. The van der Waals surface area contributed by atoms with E-state index in [1.54, 1.807) is 12.4 Å². The second kappa shape index (κ2) is 9.50. The van der Waals surface area contributed by atoms with Crippen LogP contribution in [0.5, 0.6) is 0 Å². The molecule has 2 aromatic heterocycles. The van der Waals surface area contributed by atoms with Crippen molar-refractivity contribution >= 4 is 23.7 Å². The highest BCUT2D eigenvalue weighted by atomic mass is 32.2. The van der Waals surface area contributed by atoms with E-state index in [1.807, 2.05) is 16.7 Å². The number of hydrogen-bond acceptors (Lipinski definition) is 6. The van der Waals surface area contributed by atoms with Gasteiger partial charge in [-0.3, -0.25) is 15.1 Å². The van der Waals surface area contributed by atoms with Crippen molar-refractivity contribution in [2.24, 2.45) is 0 Å². The molecule has 1 aliphatic rings. The van der Waals surface area contributed by atoms with Crippen molar-refractivity contribution in [2.45, 2.75) is 56.8 Å². The first-order valence-corrected chi connectivity index (χ1v) is 10.2. The van der Waals surface area contributed by atoms with E-state index in [4.69, 9.17) is 0 Å². The highest BCUT2D eigenvalue weighted by molar-refractivity contribution is 7.99. The summed E-state index contributed by atoms with van der Waals surface area (Å²) in [4.78, 5) is 28.0. The largest absolute Gasteiger partial charge is 0.335 e. The molecule has 0 bridgehead atoms. The van der Waals surface area contributed by atoms with Crippen LogP contribution in [0.4, 0.5) is 4.79 Å². The van der Waals surface area contributed by atoms with Crippen LogP contribution in [0.15, 0.2) is 29.7 Å². The average molecular weight is 388 g/mol. The van der Waals surface area contributed by atoms with E-state index in [0.717, 1.165) is 50.0 Å². The summed E-state index contributed by atoms with van der Waals surface area (Å²) in [5.41, 5.74) is 0.929. The third-order valence-corrected chi connectivity index (χ3v) is 5.35. The summed E-state index contributed by atoms with van der Waals surface area (Å²) in [6.45, 7) is 2.82. The minimum Gasteiger partial charge on any atom is -0.335 e. The van der Waals surface area contributed by atoms with Gasteiger partial charge in [-0.25, -0.2) is 4.79 Å². The van der Waals surface area contributed by atoms with Gasteiger partial charge in [0, 0.05) is 30.5 Å². The first-order valence-electron chi connectivity index (χ1n) is 9.24. The molecule has 1 aliphatic carbocycles. The van der Waals surface area contributed by atoms with Crippen LogP contribution in [-0.2, 0) is 11.3 Å². The Kier molecular flexibility index (Phi) is 6.80. The molecule has 3 amide bonds. The third kappa shape index (κ3) is 5.29. The number of amides is 3. The summed E-state index contributed by atoms with van der Waals surface area (Å²) < 4.78 is 1.99. The highest BCUT2D eigenvalue weighted by Crippen LogP contribution is 2.24. The zero-order valence-corrected chi connectivity index (χ0v) is 16.2. The summed E-state index contributed by atoms with van der Waals surface area (Å²) in [7, 11) is 0. The normalized spacial score (nSPS) is 14.3. The zero-order chi connectivity index (χ0) is 19.1. The summed E-state index contributed by atoms with van der Waals surface area (Å²) in [6.07, 6.45) is 8.55. The second-order valence-electron chi connectivity index (χ2n) is 6.49. The molecular weight excluding hydrogens is 364 g/mol. The van der Waals surface area contributed by atoms with E-state index in [9.17, 15) is 9.59 Å². The number of carbonyl (C=O) groups is 2. The quantitative estimate of drug-likeness (QED) is 0.707. The SMILES string of the molecule is CCCn1c(SCC(=O)NC(=O)NC2CCCC2)nnc1-c1ccncc1. The Morgan fingerprint density at radius 1 is 1.22 bits per heavy atom. The molecule has 8 nitrogen and oxygen atoms in total. The fourth-order valence-corrected chi connectivity index (χ4v) is 3.88. The molecule has 0 aliphatic heterocycles. The Morgan fingerprint density at radius 2 is 1.96 bits per heavy atom. The Bertz CT molecular complexity index is 773. The van der Waals surface area contributed by atoms with E-state index in [1.165, 1.54) is 11.8 Å². The minimum atomic E-state index is -0.417. The van der Waals surface area contributed by atoms with Gasteiger partial charge in [-0.05, 0) is 31.4 Å². The van der Waals surface area contributed by atoms with Gasteiger partial charge in [0.2, 0.25) is 5.91 Å². The monoisotopic (exact) mass is 388 g/mol. The lowest BCUT2D eigenvalue weighted by atomic mass is 10.2. The van der Waals surface area contributed by atoms with Crippen molar-refractivity contribution in [3.05, 3.63) is 24.5 Å². The van der Waals surface area contributed by atoms with Crippen LogP contribution in [0.25, 0.3) is 11.4 Å². The molecule has 9 heteroatoms. The lowest BCUT2D eigenvalue weighted by molar-refractivity contribution is -0.117. The molecule has 2 heterocycles. The van der Waals surface area contributed by atoms with Crippen molar-refractivity contribution < 1.29 is 9.59 Å². The number of thioether (sulfide) groups is 1. The van der Waals surface area contributed by atoms with Gasteiger partial charge in [0.15, 0.2) is 11.0 Å². The minimum absolute atomic E-state index is 0.107. The van der Waals surface area contributed by atoms with Gasteiger partial charge in [-0.15, -0.1) is 10.2 Å². The van der Waals surface area contributed by atoms with Crippen molar-refractivity contribution in [1.82, 2.24) is 30.4 Å². The van der Waals surface area contributed by atoms with Gasteiger partial charge in [-0.2, -0.15) is 0 Å². The maximum absolute atomic E-state index is 12.1. The Labute approximate surface area is 162 Å². The van der Waals surface area contributed by atoms with Crippen LogP contribution in [0.2, 0.25) is 0 Å². The first-order chi connectivity index (χ1) is 13.2. The number of rotatable bonds is 7. The number of carbonyl (C=O) groups excluding carboxylic acids is 2. The van der Waals surface area contributed by atoms with Gasteiger partial charge in [-0.1, -0.05) is 31.5 Å². The van der Waals surface area contributed by atoms with E-state index in [0.29, 0.717) is 5.16 Å². The lowest BCUT2D eigenvalue weighted by Crippen LogP contribution is -2.44. The van der Waals surface area contributed by atoms with E-state index in [2.05, 4.69) is 32.7 Å². The van der Waals surface area contributed by atoms with Crippen LogP contribution in [0.1, 0.15) is 39.0 Å². The van der Waals surface area contributed by atoms with Gasteiger partial charge >= 0.3 is 6.03 Å². The lowest BCUT2D eigenvalue weighted by Gasteiger charge is -2.12. The Balaban J connectivity index is 1.57. The number of urea groups is 1. The van der Waals surface area contributed by atoms with Gasteiger partial charge < -0.3 is 9.88 Å². The van der Waals surface area contributed by atoms with Gasteiger partial charge in [0.05, 0.1) is 5.75 Å². The summed E-state index contributed by atoms with van der Waals surface area (Å²) in [5.74, 6) is 0.518. The molecule has 2 aromatic rings. The molecule has 144 valence electrons. The second-order valence-corrected chi connectivity index (χ2v) is 7.43. The van der Waals surface area contributed by atoms with Crippen LogP contribution in [0.3, 0.4) is 0 Å². The van der Waals surface area contributed by atoms with Crippen LogP contribution >= 0.6 is 11.8 Å². The van der Waals surface area contributed by atoms with Gasteiger partial charge in [0.25, 0.3) is 0 Å². The number of nitrogens with zero attached hydrogens (tertiary/aromatic N) is 4. The summed E-state index contributed by atoms with van der Waals surface area (Å²) >= 11 is 1.28. The molecule has 3 rings (SSSR count). The smallest absolute Gasteiger partial charge is 0.321 e. The van der Waals surface area contributed by atoms with Crippen molar-refractivity contribution in [2.75, 3.05) is 5.75 Å². The topological polar surface area (TPSA) is 102 Å². The maximum Gasteiger partial charge on any atom is 0.321 e. The van der Waals surface area contributed by atoms with Crippen LogP contribution in [-0.4, -0.2) is 43.5 Å². The molecule has 0 radical (unpaired) electrons. The number of pyridine rings is 1. The average Bonchev–Trinajstić information content (AvgIpc) is 3.31. The van der Waals surface area contributed by atoms with Gasteiger partial charge in [0.1, 0.15) is 0 Å². The molecule has 0 saturated heterocycles. The Hall–Kier alpha value is -2.42. The highest BCUT2D eigenvalue weighted by Gasteiger charge is 2.19. The molecule has 2 N–H and O–H groups in total. The molecule has 1 fully saturated rings. The van der Waals surface area contributed by atoms with E-state index in [-0.39, 0.29) is 17.7 Å². The standard InChI is InChI=1S/C18H24N6O2S/c1-2-11-24-16(13-7-9-19-10-8-13)22-23-18(24)27-12-15(25)21-17(26)20-14-5-3-4-6-14/h7-10,14H,2-6,11-12H2,1H3,(H2,20,21,25,26). The molecule has 0 aromatic carbocycles. The van der Waals surface area contributed by atoms with Crippen molar-refractivity contribution in [3.63, 3.8) is 0 Å². The van der Waals surface area contributed by atoms with Crippen LogP contribution < -0.4 is 10.6 Å². The predicted octanol–water partition coefficient (Wildman–Crippen LogP) is 2.61. The fraction of sp³-hybridized carbons (Fsp3) is 0.500. The number of hydrogen-bond donors (Lipinski definition) is 2. The van der Waals surface area contributed by atoms with Crippen molar-refractivity contribution in [1.29, 1.82) is 0 Å². The third-order valence-electron chi connectivity index (χ3n) is 4.38. The molecule has 0 atom stereocenters. The fourth-order valence-electron chi connectivity index (χ4n) is 3.12. The molecule has 0 spiro atoms. The predicted molar refractivity (Wildman–Crippen MR) is 103 cm³/mol. The number of imide groups is 1. The maximum atomic E-state index is 12.1. The zero-order valence-electron chi connectivity index (χ0n) is 15.4. The van der Waals surface area contributed by atoms with E-state index < -0.39 is 6.03 Å². The van der Waals surface area contributed by atoms with Crippen LogP contribution in [0, 0.1) is 0 Å². The molecule has 27 heavy (non-hydrogen) atoms. The molecule has 1 saturated carbocycles. The van der Waals surface area contributed by atoms with Crippen molar-refractivity contribution in [3.8, 4) is 11.4 Å². The number of aromatic nitrogens is 4. The molecular formula is C18H24N6O2S.